The molecule has 2 aromatic rings. The van der Waals surface area contributed by atoms with Crippen molar-refractivity contribution in [2.24, 2.45) is 0 Å². The van der Waals surface area contributed by atoms with Crippen molar-refractivity contribution in [3.05, 3.63) is 35.0 Å². The molecular formula is C20H30N6. The van der Waals surface area contributed by atoms with Crippen LogP contribution in [0.25, 0.3) is 0 Å². The molecule has 0 aromatic carbocycles. The van der Waals surface area contributed by atoms with Gasteiger partial charge in [0.2, 0.25) is 0 Å². The van der Waals surface area contributed by atoms with Crippen LogP contribution in [0.2, 0.25) is 0 Å². The molecule has 1 aliphatic heterocycles. The van der Waals surface area contributed by atoms with Gasteiger partial charge in [-0.15, -0.1) is 0 Å². The maximum absolute atomic E-state index is 4.81. The summed E-state index contributed by atoms with van der Waals surface area (Å²) in [5, 5.41) is 8.27. The first-order chi connectivity index (χ1) is 12.7. The molecule has 0 spiro atoms. The molecule has 2 aromatic heterocycles. The normalized spacial score (nSPS) is 18.7. The lowest BCUT2D eigenvalue weighted by atomic mass is 9.94. The van der Waals surface area contributed by atoms with Gasteiger partial charge in [-0.2, -0.15) is 5.10 Å². The molecule has 0 atom stereocenters. The van der Waals surface area contributed by atoms with Crippen LogP contribution in [0.5, 0.6) is 0 Å². The molecule has 0 unspecified atom stereocenters. The predicted molar refractivity (Wildman–Crippen MR) is 103 cm³/mol. The topological polar surface area (TPSA) is 58.9 Å². The number of hydrogen-bond acceptors (Lipinski definition) is 5. The number of rotatable bonds is 5. The highest BCUT2D eigenvalue weighted by molar-refractivity contribution is 5.43. The second kappa shape index (κ2) is 7.74. The van der Waals surface area contributed by atoms with E-state index in [1.54, 1.807) is 0 Å². The van der Waals surface area contributed by atoms with Gasteiger partial charge >= 0.3 is 0 Å². The van der Waals surface area contributed by atoms with E-state index < -0.39 is 0 Å². The van der Waals surface area contributed by atoms with E-state index in [4.69, 9.17) is 5.10 Å². The zero-order valence-corrected chi connectivity index (χ0v) is 16.0. The number of hydrogen-bond donors (Lipinski definition) is 1. The summed E-state index contributed by atoms with van der Waals surface area (Å²) in [4.78, 5) is 11.5. The van der Waals surface area contributed by atoms with Gasteiger partial charge < -0.3 is 5.32 Å². The third-order valence-electron chi connectivity index (χ3n) is 5.77. The van der Waals surface area contributed by atoms with E-state index in [-0.39, 0.29) is 0 Å². The molecule has 1 N–H and O–H groups in total. The molecule has 140 valence electrons. The molecule has 0 amide bonds. The van der Waals surface area contributed by atoms with Crippen LogP contribution in [0.15, 0.2) is 12.3 Å². The zero-order valence-electron chi connectivity index (χ0n) is 16.0. The minimum absolute atomic E-state index is 0.715. The lowest BCUT2D eigenvalue weighted by molar-refractivity contribution is 0.119. The predicted octanol–water partition coefficient (Wildman–Crippen LogP) is 3.30. The third kappa shape index (κ3) is 3.75. The molecule has 0 radical (unpaired) electrons. The summed E-state index contributed by atoms with van der Waals surface area (Å²) in [7, 11) is 0. The van der Waals surface area contributed by atoms with Crippen molar-refractivity contribution in [1.29, 1.82) is 0 Å². The lowest BCUT2D eigenvalue weighted by Crippen LogP contribution is -2.42. The Hall–Kier alpha value is -1.95. The van der Waals surface area contributed by atoms with E-state index in [1.807, 2.05) is 13.1 Å². The van der Waals surface area contributed by atoms with Crippen LogP contribution in [0.3, 0.4) is 0 Å². The molecule has 1 fully saturated rings. The third-order valence-corrected chi connectivity index (χ3v) is 5.77. The minimum Gasteiger partial charge on any atom is -0.364 e. The molecule has 26 heavy (non-hydrogen) atoms. The average Bonchev–Trinajstić information content (AvgIpc) is 3.09. The first kappa shape index (κ1) is 17.5. The van der Waals surface area contributed by atoms with Gasteiger partial charge in [0.25, 0.3) is 0 Å². The molecule has 1 aliphatic carbocycles. The number of aromatic nitrogens is 4. The Morgan fingerprint density at radius 2 is 2.04 bits per heavy atom. The van der Waals surface area contributed by atoms with Crippen LogP contribution >= 0.6 is 0 Å². The summed E-state index contributed by atoms with van der Waals surface area (Å²) in [6, 6.07) is 3.05. The Morgan fingerprint density at radius 3 is 2.85 bits per heavy atom. The van der Waals surface area contributed by atoms with Gasteiger partial charge in [0.1, 0.15) is 11.6 Å². The molecule has 3 heterocycles. The van der Waals surface area contributed by atoms with E-state index >= 15 is 0 Å². The van der Waals surface area contributed by atoms with Crippen molar-refractivity contribution in [3.8, 4) is 0 Å². The van der Waals surface area contributed by atoms with Gasteiger partial charge in [-0.1, -0.05) is 26.2 Å². The van der Waals surface area contributed by atoms with Crippen LogP contribution in [0.1, 0.15) is 61.8 Å². The van der Waals surface area contributed by atoms with Gasteiger partial charge in [0.05, 0.1) is 24.5 Å². The first-order valence-electron chi connectivity index (χ1n) is 10.1. The van der Waals surface area contributed by atoms with Crippen LogP contribution in [0.4, 0.5) is 5.82 Å². The van der Waals surface area contributed by atoms with Crippen molar-refractivity contribution in [2.45, 2.75) is 78.0 Å². The number of anilines is 1. The van der Waals surface area contributed by atoms with Crippen LogP contribution in [-0.4, -0.2) is 37.2 Å². The Morgan fingerprint density at radius 1 is 1.19 bits per heavy atom. The number of aryl methyl sites for hydroxylation is 2. The summed E-state index contributed by atoms with van der Waals surface area (Å²) >= 11 is 0. The second-order valence-electron chi connectivity index (χ2n) is 7.61. The minimum atomic E-state index is 0.715. The van der Waals surface area contributed by atoms with Gasteiger partial charge in [0.15, 0.2) is 0 Å². The lowest BCUT2D eigenvalue weighted by Gasteiger charge is -2.36. The van der Waals surface area contributed by atoms with Crippen LogP contribution in [-0.2, 0) is 26.1 Å². The zero-order chi connectivity index (χ0) is 17.9. The fourth-order valence-corrected chi connectivity index (χ4v) is 4.27. The SMILES string of the molecule is CCc1cnc(C)nc1NCc1cc2n(n1)CCN(C1CCCCC1)C2. The monoisotopic (exact) mass is 354 g/mol. The first-order valence-corrected chi connectivity index (χ1v) is 10.1. The van der Waals surface area contributed by atoms with Crippen molar-refractivity contribution in [3.63, 3.8) is 0 Å². The average molecular weight is 355 g/mol. The van der Waals surface area contributed by atoms with Crippen molar-refractivity contribution >= 4 is 5.82 Å². The molecule has 4 rings (SSSR count). The largest absolute Gasteiger partial charge is 0.364 e. The Kier molecular flexibility index (Phi) is 5.20. The van der Waals surface area contributed by atoms with Gasteiger partial charge in [-0.05, 0) is 32.3 Å². The highest BCUT2D eigenvalue weighted by Crippen LogP contribution is 2.26. The Bertz CT molecular complexity index is 747. The summed E-state index contributed by atoms with van der Waals surface area (Å²) in [6.07, 6.45) is 9.80. The van der Waals surface area contributed by atoms with Gasteiger partial charge in [-0.25, -0.2) is 9.97 Å². The van der Waals surface area contributed by atoms with E-state index in [0.29, 0.717) is 6.54 Å². The van der Waals surface area contributed by atoms with E-state index in [0.717, 1.165) is 55.0 Å². The number of nitrogens with zero attached hydrogens (tertiary/aromatic N) is 5. The maximum atomic E-state index is 4.81. The molecule has 2 aliphatic rings. The second-order valence-corrected chi connectivity index (χ2v) is 7.61. The molecule has 0 saturated heterocycles. The number of nitrogens with one attached hydrogen (secondary N) is 1. The summed E-state index contributed by atoms with van der Waals surface area (Å²) in [5.41, 5.74) is 3.61. The van der Waals surface area contributed by atoms with Gasteiger partial charge in [-0.3, -0.25) is 9.58 Å². The fraction of sp³-hybridized carbons (Fsp3) is 0.650. The molecule has 6 nitrogen and oxygen atoms in total. The maximum Gasteiger partial charge on any atom is 0.133 e. The van der Waals surface area contributed by atoms with Crippen molar-refractivity contribution in [2.75, 3.05) is 11.9 Å². The van der Waals surface area contributed by atoms with E-state index in [1.165, 1.54) is 37.8 Å². The van der Waals surface area contributed by atoms with E-state index in [2.05, 4.69) is 37.9 Å². The van der Waals surface area contributed by atoms with Crippen molar-refractivity contribution in [1.82, 2.24) is 24.6 Å². The molecule has 0 bridgehead atoms. The van der Waals surface area contributed by atoms with E-state index in [9.17, 15) is 0 Å². The van der Waals surface area contributed by atoms with Crippen LogP contribution < -0.4 is 5.32 Å². The fourth-order valence-electron chi connectivity index (χ4n) is 4.27. The van der Waals surface area contributed by atoms with Gasteiger partial charge in [0, 0.05) is 30.9 Å². The summed E-state index contributed by atoms with van der Waals surface area (Å²) in [5.74, 6) is 1.74. The summed E-state index contributed by atoms with van der Waals surface area (Å²) in [6.45, 7) is 7.97. The Balaban J connectivity index is 1.41. The highest BCUT2D eigenvalue weighted by Gasteiger charge is 2.25. The smallest absolute Gasteiger partial charge is 0.133 e. The molecular weight excluding hydrogens is 324 g/mol. The van der Waals surface area contributed by atoms with Crippen molar-refractivity contribution < 1.29 is 0 Å². The molecule has 6 heteroatoms. The standard InChI is InChI=1S/C20H30N6/c1-3-16-12-21-15(2)23-20(16)22-13-17-11-19-14-25(9-10-26(19)24-17)18-7-5-4-6-8-18/h11-12,18H,3-10,13-14H2,1-2H3,(H,21,22,23). The summed E-state index contributed by atoms with van der Waals surface area (Å²) < 4.78 is 2.20. The quantitative estimate of drug-likeness (QED) is 0.893. The van der Waals surface area contributed by atoms with Crippen LogP contribution in [0, 0.1) is 6.92 Å². The highest BCUT2D eigenvalue weighted by atomic mass is 15.3. The Labute approximate surface area is 156 Å². The molecule has 1 saturated carbocycles. The number of fused-ring (bicyclic) bond motifs is 1.